The number of carboxylic acids is 1. The van der Waals surface area contributed by atoms with Gasteiger partial charge < -0.3 is 29.4 Å². The van der Waals surface area contributed by atoms with E-state index in [4.69, 9.17) is 24.1 Å². The van der Waals surface area contributed by atoms with E-state index >= 15 is 0 Å². The lowest BCUT2D eigenvalue weighted by molar-refractivity contribution is -0.161. The molecular formula is C45H75N5O11. The minimum Gasteiger partial charge on any atom is -0.481 e. The number of hydrogen-bond acceptors (Lipinski definition) is 14. The fourth-order valence-corrected chi connectivity index (χ4v) is 6.62. The quantitative estimate of drug-likeness (QED) is 0.143. The number of nitrogens with zero attached hydrogens (tertiary/aromatic N) is 4. The Hall–Kier alpha value is -4.12. The summed E-state index contributed by atoms with van der Waals surface area (Å²) in [5.74, 6) is -3.05. The van der Waals surface area contributed by atoms with Crippen LogP contribution in [0.1, 0.15) is 114 Å². The van der Waals surface area contributed by atoms with Gasteiger partial charge in [-0.05, 0) is 120 Å². The first-order chi connectivity index (χ1) is 28.0. The summed E-state index contributed by atoms with van der Waals surface area (Å²) in [6.07, 6.45) is 1.54. The lowest BCUT2D eigenvalue weighted by atomic mass is 10.0. The van der Waals surface area contributed by atoms with Crippen LogP contribution in [0.2, 0.25) is 0 Å². The van der Waals surface area contributed by atoms with E-state index in [0.29, 0.717) is 70.8 Å². The molecule has 1 aliphatic rings. The van der Waals surface area contributed by atoms with Crippen molar-refractivity contribution in [1.29, 1.82) is 0 Å². The molecule has 1 aromatic rings. The molecule has 16 nitrogen and oxygen atoms in total. The van der Waals surface area contributed by atoms with E-state index in [0.717, 1.165) is 5.56 Å². The number of amides is 1. The van der Waals surface area contributed by atoms with Crippen molar-refractivity contribution < 1.29 is 52.8 Å². The van der Waals surface area contributed by atoms with Gasteiger partial charge in [-0.15, -0.1) is 0 Å². The maximum atomic E-state index is 13.5. The van der Waals surface area contributed by atoms with Crippen LogP contribution in [0.25, 0.3) is 0 Å². The number of aliphatic carboxylic acids is 1. The number of rotatable bonds is 19. The molecule has 1 atom stereocenters. The molecule has 0 aliphatic carbocycles. The molecule has 1 unspecified atom stereocenters. The summed E-state index contributed by atoms with van der Waals surface area (Å²) in [6, 6.07) is 7.03. The summed E-state index contributed by atoms with van der Waals surface area (Å²) in [5, 5.41) is 11.6. The highest BCUT2D eigenvalue weighted by Crippen LogP contribution is 2.19. The molecule has 0 radical (unpaired) electrons. The van der Waals surface area contributed by atoms with Crippen LogP contribution in [0.5, 0.6) is 0 Å². The predicted molar refractivity (Wildman–Crippen MR) is 233 cm³/mol. The maximum absolute atomic E-state index is 13.5. The van der Waals surface area contributed by atoms with Crippen LogP contribution in [0.15, 0.2) is 24.3 Å². The molecule has 1 amide bonds. The Morgan fingerprint density at radius 2 is 1.00 bits per heavy atom. The van der Waals surface area contributed by atoms with Crippen molar-refractivity contribution in [2.24, 2.45) is 0 Å². The van der Waals surface area contributed by atoms with Gasteiger partial charge in [0.15, 0.2) is 0 Å². The van der Waals surface area contributed by atoms with Crippen LogP contribution in [-0.2, 0) is 54.1 Å². The van der Waals surface area contributed by atoms with Gasteiger partial charge in [0.1, 0.15) is 22.4 Å². The highest BCUT2D eigenvalue weighted by Gasteiger charge is 2.31. The van der Waals surface area contributed by atoms with Crippen LogP contribution in [0.4, 0.5) is 5.69 Å². The molecule has 16 heteroatoms. The maximum Gasteiger partial charge on any atom is 0.320 e. The molecule has 1 saturated heterocycles. The summed E-state index contributed by atoms with van der Waals surface area (Å²) in [5.41, 5.74) is -1.22. The summed E-state index contributed by atoms with van der Waals surface area (Å²) in [4.78, 5) is 84.2. The van der Waals surface area contributed by atoms with Gasteiger partial charge >= 0.3 is 29.8 Å². The lowest BCUT2D eigenvalue weighted by Crippen LogP contribution is -2.51. The van der Waals surface area contributed by atoms with Crippen molar-refractivity contribution >= 4 is 41.4 Å². The van der Waals surface area contributed by atoms with Crippen molar-refractivity contribution in [3.63, 3.8) is 0 Å². The number of carbonyl (C=O) groups is 6. The van der Waals surface area contributed by atoms with E-state index in [1.165, 1.54) is 0 Å². The number of esters is 4. The van der Waals surface area contributed by atoms with Crippen LogP contribution >= 0.6 is 0 Å². The van der Waals surface area contributed by atoms with Gasteiger partial charge in [0, 0.05) is 64.0 Å². The van der Waals surface area contributed by atoms with E-state index in [-0.39, 0.29) is 62.9 Å². The number of ether oxygens (including phenoxy) is 4. The molecule has 1 aromatic carbocycles. The van der Waals surface area contributed by atoms with E-state index < -0.39 is 40.3 Å². The van der Waals surface area contributed by atoms with Crippen molar-refractivity contribution in [2.75, 3.05) is 77.3 Å². The summed E-state index contributed by atoms with van der Waals surface area (Å²) < 4.78 is 22.8. The lowest BCUT2D eigenvalue weighted by Gasteiger charge is -2.36. The van der Waals surface area contributed by atoms with Crippen molar-refractivity contribution in [3.8, 4) is 0 Å². The van der Waals surface area contributed by atoms with Gasteiger partial charge in [-0.25, -0.2) is 0 Å². The SMILES string of the molecule is CC(C)(C)OC(=O)CN1CCN(CC(=O)OC(C)(C)C)CCN(CC(CCCc2ccc(NC(=O)CCC(=O)O)cc2)N(CC(=O)OC(C)(C)C)CC(=O)OC(C)(C)C)CC1. The second kappa shape index (κ2) is 23.9. The first-order valence-electron chi connectivity index (χ1n) is 21.4. The zero-order valence-corrected chi connectivity index (χ0v) is 39.0. The Balaban J connectivity index is 2.45. The molecule has 61 heavy (non-hydrogen) atoms. The fraction of sp³-hybridized carbons (Fsp3) is 0.733. The summed E-state index contributed by atoms with van der Waals surface area (Å²) in [6.45, 7) is 25.3. The van der Waals surface area contributed by atoms with Gasteiger partial charge in [0.25, 0.3) is 0 Å². The summed E-state index contributed by atoms with van der Waals surface area (Å²) >= 11 is 0. The smallest absolute Gasteiger partial charge is 0.320 e. The zero-order valence-electron chi connectivity index (χ0n) is 39.0. The second-order valence-electron chi connectivity index (χ2n) is 19.8. The second-order valence-corrected chi connectivity index (χ2v) is 19.8. The third-order valence-electron chi connectivity index (χ3n) is 9.04. The topological polar surface area (TPSA) is 185 Å². The molecule has 346 valence electrons. The van der Waals surface area contributed by atoms with Crippen molar-refractivity contribution in [1.82, 2.24) is 19.6 Å². The number of aryl methyl sites for hydroxylation is 1. The fourth-order valence-electron chi connectivity index (χ4n) is 6.62. The normalized spacial score (nSPS) is 15.8. The molecule has 2 rings (SSSR count). The van der Waals surface area contributed by atoms with Crippen LogP contribution < -0.4 is 5.32 Å². The van der Waals surface area contributed by atoms with Gasteiger partial charge in [-0.1, -0.05) is 12.1 Å². The molecule has 1 fully saturated rings. The van der Waals surface area contributed by atoms with E-state index in [2.05, 4.69) is 10.2 Å². The Morgan fingerprint density at radius 1 is 0.607 bits per heavy atom. The standard InChI is InChI=1S/C45H75N5O11/c1-42(2,3)58-38(54)29-48-24-22-47(23-25-49(27-26-48)30-39(55)59-43(4,5)6)28-35(50(31-40(56)60-44(7,8)9)32-41(57)61-45(10,11)12)15-13-14-33-16-18-34(19-17-33)46-36(51)20-21-37(52)53/h16-19,35H,13-15,20-32H2,1-12H3,(H,46,51)(H,52,53). The highest BCUT2D eigenvalue weighted by molar-refractivity contribution is 5.92. The van der Waals surface area contributed by atoms with E-state index in [1.807, 2.05) is 68.4 Å². The molecular weight excluding hydrogens is 787 g/mol. The molecule has 1 heterocycles. The van der Waals surface area contributed by atoms with Crippen molar-refractivity contribution in [3.05, 3.63) is 29.8 Å². The average molecular weight is 862 g/mol. The average Bonchev–Trinajstić information content (AvgIpc) is 3.15. The summed E-state index contributed by atoms with van der Waals surface area (Å²) in [7, 11) is 0. The largest absolute Gasteiger partial charge is 0.481 e. The third-order valence-corrected chi connectivity index (χ3v) is 9.04. The van der Waals surface area contributed by atoms with Gasteiger partial charge in [-0.2, -0.15) is 0 Å². The molecule has 1 aliphatic heterocycles. The Labute approximate surface area is 363 Å². The number of nitrogens with one attached hydrogen (secondary N) is 1. The molecule has 0 aromatic heterocycles. The van der Waals surface area contributed by atoms with Gasteiger partial charge in [0.2, 0.25) is 5.91 Å². The van der Waals surface area contributed by atoms with Gasteiger partial charge in [0.05, 0.1) is 32.6 Å². The van der Waals surface area contributed by atoms with E-state index in [9.17, 15) is 28.8 Å². The number of benzene rings is 1. The molecule has 0 bridgehead atoms. The van der Waals surface area contributed by atoms with Crippen LogP contribution in [0.3, 0.4) is 0 Å². The zero-order chi connectivity index (χ0) is 46.2. The minimum atomic E-state index is -1.04. The highest BCUT2D eigenvalue weighted by atomic mass is 16.6. The Morgan fingerprint density at radius 3 is 1.39 bits per heavy atom. The first kappa shape index (κ1) is 53.0. The predicted octanol–water partition coefficient (Wildman–Crippen LogP) is 4.77. The number of anilines is 1. The minimum absolute atomic E-state index is 0.0725. The Bertz CT molecular complexity index is 1520. The Kier molecular flexibility index (Phi) is 20.8. The van der Waals surface area contributed by atoms with Gasteiger partial charge in [-0.3, -0.25) is 48.4 Å². The number of hydrogen-bond donors (Lipinski definition) is 2. The molecule has 0 saturated carbocycles. The van der Waals surface area contributed by atoms with Crippen LogP contribution in [-0.4, -0.2) is 161 Å². The number of carboxylic acid groups (broad SMARTS) is 1. The van der Waals surface area contributed by atoms with Crippen LogP contribution in [0, 0.1) is 0 Å². The monoisotopic (exact) mass is 862 g/mol. The number of carbonyl (C=O) groups excluding carboxylic acids is 5. The first-order valence-corrected chi connectivity index (χ1v) is 21.4. The third kappa shape index (κ3) is 25.4. The van der Waals surface area contributed by atoms with E-state index in [1.54, 1.807) is 53.7 Å². The molecule has 2 N–H and O–H groups in total. The molecule has 0 spiro atoms. The van der Waals surface area contributed by atoms with Crippen molar-refractivity contribution in [2.45, 2.75) is 144 Å².